The monoisotopic (exact) mass is 342 g/mol. The normalized spacial score (nSPS) is 29.8. The Morgan fingerprint density at radius 3 is 2.42 bits per heavy atom. The van der Waals surface area contributed by atoms with Crippen molar-refractivity contribution in [2.45, 2.75) is 37.6 Å². The van der Waals surface area contributed by atoms with Gasteiger partial charge in [0.1, 0.15) is 35.7 Å². The van der Waals surface area contributed by atoms with E-state index in [4.69, 9.17) is 19.3 Å². The standard InChI is InChI=1S/C15H18O9/c1-7(17)22-9-5-3-2-4-8(9)14(21)24-15-13(20)12(19)11(18)10(6-16)23-15/h2-5,10-13,15-16,18-20H,6H2,1H3/t10-,11-,12+,13-,15?/m1/s1. The van der Waals surface area contributed by atoms with E-state index in [9.17, 15) is 24.9 Å². The van der Waals surface area contributed by atoms with E-state index < -0.39 is 49.3 Å². The van der Waals surface area contributed by atoms with Crippen molar-refractivity contribution in [3.8, 4) is 5.75 Å². The van der Waals surface area contributed by atoms with Crippen molar-refractivity contribution in [2.75, 3.05) is 6.61 Å². The molecule has 9 heteroatoms. The van der Waals surface area contributed by atoms with E-state index in [1.165, 1.54) is 25.1 Å². The van der Waals surface area contributed by atoms with Crippen LogP contribution in [0.2, 0.25) is 0 Å². The highest BCUT2D eigenvalue weighted by atomic mass is 16.7. The molecule has 0 amide bonds. The number of aliphatic hydroxyl groups excluding tert-OH is 4. The summed E-state index contributed by atoms with van der Waals surface area (Å²) in [4.78, 5) is 23.3. The van der Waals surface area contributed by atoms with Crippen molar-refractivity contribution < 1.29 is 44.2 Å². The molecule has 132 valence electrons. The number of carbonyl (C=O) groups excluding carboxylic acids is 2. The van der Waals surface area contributed by atoms with Gasteiger partial charge in [-0.15, -0.1) is 0 Å². The molecule has 1 aliphatic rings. The molecule has 9 nitrogen and oxygen atoms in total. The number of carbonyl (C=O) groups is 2. The molecular formula is C15H18O9. The van der Waals surface area contributed by atoms with Gasteiger partial charge in [-0.05, 0) is 12.1 Å². The molecule has 1 unspecified atom stereocenters. The Morgan fingerprint density at radius 1 is 1.12 bits per heavy atom. The summed E-state index contributed by atoms with van der Waals surface area (Å²) >= 11 is 0. The zero-order valence-electron chi connectivity index (χ0n) is 12.7. The lowest BCUT2D eigenvalue weighted by atomic mass is 9.99. The first-order chi connectivity index (χ1) is 11.3. The second-order valence-electron chi connectivity index (χ2n) is 5.19. The van der Waals surface area contributed by atoms with Crippen LogP contribution in [-0.2, 0) is 14.3 Å². The van der Waals surface area contributed by atoms with Gasteiger partial charge in [0, 0.05) is 6.92 Å². The van der Waals surface area contributed by atoms with Gasteiger partial charge in [0.2, 0.25) is 6.29 Å². The molecule has 1 aliphatic heterocycles. The number of esters is 2. The maximum Gasteiger partial charge on any atom is 0.344 e. The zero-order valence-corrected chi connectivity index (χ0v) is 12.7. The number of rotatable bonds is 4. The second kappa shape index (κ2) is 7.69. The molecule has 24 heavy (non-hydrogen) atoms. The first-order valence-corrected chi connectivity index (χ1v) is 7.14. The Balaban J connectivity index is 2.16. The number of ether oxygens (including phenoxy) is 3. The first kappa shape index (κ1) is 18.3. The molecule has 0 aromatic heterocycles. The molecule has 1 saturated heterocycles. The number of aliphatic hydroxyl groups is 4. The highest BCUT2D eigenvalue weighted by molar-refractivity contribution is 5.93. The molecule has 5 atom stereocenters. The van der Waals surface area contributed by atoms with Gasteiger partial charge in [0.05, 0.1) is 6.61 Å². The molecule has 2 rings (SSSR count). The van der Waals surface area contributed by atoms with E-state index in [-0.39, 0.29) is 11.3 Å². The second-order valence-corrected chi connectivity index (χ2v) is 5.19. The molecule has 1 aromatic rings. The number of hydrogen-bond acceptors (Lipinski definition) is 9. The predicted octanol–water partition coefficient (Wildman–Crippen LogP) is -1.43. The Labute approximate surface area is 137 Å². The van der Waals surface area contributed by atoms with Gasteiger partial charge in [-0.2, -0.15) is 0 Å². The van der Waals surface area contributed by atoms with Gasteiger partial charge >= 0.3 is 11.9 Å². The van der Waals surface area contributed by atoms with Gasteiger partial charge in [-0.3, -0.25) is 4.79 Å². The maximum atomic E-state index is 12.2. The minimum atomic E-state index is -1.72. The minimum absolute atomic E-state index is 0.0420. The molecule has 0 bridgehead atoms. The average molecular weight is 342 g/mol. The number of para-hydroxylation sites is 1. The summed E-state index contributed by atoms with van der Waals surface area (Å²) in [6.07, 6.45) is -7.76. The van der Waals surface area contributed by atoms with Crippen molar-refractivity contribution in [1.29, 1.82) is 0 Å². The van der Waals surface area contributed by atoms with Crippen LogP contribution in [0.5, 0.6) is 5.75 Å². The van der Waals surface area contributed by atoms with Gasteiger partial charge in [0.15, 0.2) is 0 Å². The quantitative estimate of drug-likeness (QED) is 0.382. The van der Waals surface area contributed by atoms with E-state index in [1.54, 1.807) is 6.07 Å². The van der Waals surface area contributed by atoms with Gasteiger partial charge < -0.3 is 34.6 Å². The van der Waals surface area contributed by atoms with Crippen molar-refractivity contribution in [2.24, 2.45) is 0 Å². The van der Waals surface area contributed by atoms with E-state index in [1.807, 2.05) is 0 Å². The summed E-state index contributed by atoms with van der Waals surface area (Å²) in [6.45, 7) is 0.517. The number of hydrogen-bond donors (Lipinski definition) is 4. The molecule has 0 saturated carbocycles. The smallest absolute Gasteiger partial charge is 0.344 e. The summed E-state index contributed by atoms with van der Waals surface area (Å²) in [6, 6.07) is 5.77. The molecule has 0 spiro atoms. The van der Waals surface area contributed by atoms with Gasteiger partial charge in [-0.1, -0.05) is 12.1 Å². The lowest BCUT2D eigenvalue weighted by Crippen LogP contribution is -2.59. The first-order valence-electron chi connectivity index (χ1n) is 7.14. The van der Waals surface area contributed by atoms with Crippen LogP contribution in [0.3, 0.4) is 0 Å². The Hall–Kier alpha value is -2.04. The van der Waals surface area contributed by atoms with Crippen LogP contribution in [0.1, 0.15) is 17.3 Å². The van der Waals surface area contributed by atoms with E-state index in [0.29, 0.717) is 0 Å². The fourth-order valence-corrected chi connectivity index (χ4v) is 2.21. The lowest BCUT2D eigenvalue weighted by Gasteiger charge is -2.39. The SMILES string of the molecule is CC(=O)Oc1ccccc1C(=O)OC1O[C@H](CO)[C@@H](O)[C@H](O)[C@H]1O. The molecule has 1 fully saturated rings. The van der Waals surface area contributed by atoms with Crippen LogP contribution in [-0.4, -0.2) is 69.7 Å². The third-order valence-electron chi connectivity index (χ3n) is 3.43. The topological polar surface area (TPSA) is 143 Å². The van der Waals surface area contributed by atoms with E-state index in [0.717, 1.165) is 0 Å². The molecule has 0 aliphatic carbocycles. The summed E-state index contributed by atoms with van der Waals surface area (Å²) in [5.74, 6) is -1.65. The largest absolute Gasteiger partial charge is 0.429 e. The van der Waals surface area contributed by atoms with Crippen molar-refractivity contribution in [3.63, 3.8) is 0 Å². The van der Waals surface area contributed by atoms with Crippen LogP contribution in [0.15, 0.2) is 24.3 Å². The van der Waals surface area contributed by atoms with Gasteiger partial charge in [-0.25, -0.2) is 4.79 Å². The van der Waals surface area contributed by atoms with Crippen molar-refractivity contribution in [3.05, 3.63) is 29.8 Å². The molecule has 1 heterocycles. The van der Waals surface area contributed by atoms with Gasteiger partial charge in [0.25, 0.3) is 0 Å². The molecule has 4 N–H and O–H groups in total. The van der Waals surface area contributed by atoms with Crippen LogP contribution >= 0.6 is 0 Å². The predicted molar refractivity (Wildman–Crippen MR) is 76.9 cm³/mol. The highest BCUT2D eigenvalue weighted by Gasteiger charge is 2.45. The van der Waals surface area contributed by atoms with Crippen LogP contribution in [0.4, 0.5) is 0 Å². The lowest BCUT2D eigenvalue weighted by molar-refractivity contribution is -0.285. The van der Waals surface area contributed by atoms with E-state index >= 15 is 0 Å². The summed E-state index contributed by atoms with van der Waals surface area (Å²) in [7, 11) is 0. The minimum Gasteiger partial charge on any atom is -0.429 e. The number of benzene rings is 1. The van der Waals surface area contributed by atoms with E-state index in [2.05, 4.69) is 0 Å². The fraction of sp³-hybridized carbons (Fsp3) is 0.467. The Kier molecular flexibility index (Phi) is 5.86. The molecule has 1 aromatic carbocycles. The Morgan fingerprint density at radius 2 is 1.79 bits per heavy atom. The van der Waals surface area contributed by atoms with Crippen LogP contribution in [0, 0.1) is 0 Å². The molecular weight excluding hydrogens is 324 g/mol. The summed E-state index contributed by atoms with van der Waals surface area (Å²) < 4.78 is 15.0. The highest BCUT2D eigenvalue weighted by Crippen LogP contribution is 2.25. The third kappa shape index (κ3) is 3.89. The zero-order chi connectivity index (χ0) is 17.9. The Bertz CT molecular complexity index is 600. The summed E-state index contributed by atoms with van der Waals surface area (Å²) in [5.41, 5.74) is -0.0929. The fourth-order valence-electron chi connectivity index (χ4n) is 2.21. The van der Waals surface area contributed by atoms with Crippen LogP contribution in [0.25, 0.3) is 0 Å². The van der Waals surface area contributed by atoms with Crippen molar-refractivity contribution >= 4 is 11.9 Å². The van der Waals surface area contributed by atoms with Crippen LogP contribution < -0.4 is 4.74 Å². The maximum absolute atomic E-state index is 12.2. The third-order valence-corrected chi connectivity index (χ3v) is 3.43. The van der Waals surface area contributed by atoms with Crippen molar-refractivity contribution in [1.82, 2.24) is 0 Å². The molecule has 0 radical (unpaired) electrons. The summed E-state index contributed by atoms with van der Waals surface area (Å²) in [5, 5.41) is 38.3. The average Bonchev–Trinajstić information content (AvgIpc) is 2.55.